The summed E-state index contributed by atoms with van der Waals surface area (Å²) < 4.78 is 6.95. The van der Waals surface area contributed by atoms with E-state index in [0.29, 0.717) is 24.5 Å². The first-order valence-electron chi connectivity index (χ1n) is 7.56. The average molecular weight is 321 g/mol. The molecule has 7 heteroatoms. The zero-order valence-electron chi connectivity index (χ0n) is 13.1. The predicted molar refractivity (Wildman–Crippen MR) is 87.6 cm³/mol. The number of ether oxygens (including phenoxy) is 1. The van der Waals surface area contributed by atoms with Crippen LogP contribution < -0.4 is 10.1 Å². The van der Waals surface area contributed by atoms with Crippen LogP contribution in [0.25, 0.3) is 22.5 Å². The lowest BCUT2D eigenvalue weighted by atomic mass is 10.1. The molecule has 0 bridgehead atoms. The van der Waals surface area contributed by atoms with Gasteiger partial charge < -0.3 is 10.1 Å². The highest BCUT2D eigenvalue weighted by molar-refractivity contribution is 5.94. The van der Waals surface area contributed by atoms with Crippen molar-refractivity contribution in [1.29, 1.82) is 0 Å². The smallest absolute Gasteiger partial charge is 0.269 e. The maximum atomic E-state index is 11.9. The van der Waals surface area contributed by atoms with Crippen LogP contribution in [0.1, 0.15) is 10.5 Å². The molecule has 0 aliphatic carbocycles. The quantitative estimate of drug-likeness (QED) is 0.795. The summed E-state index contributed by atoms with van der Waals surface area (Å²) in [6.45, 7) is 1.28. The van der Waals surface area contributed by atoms with Gasteiger partial charge in [0.05, 0.1) is 31.2 Å². The van der Waals surface area contributed by atoms with E-state index in [-0.39, 0.29) is 5.91 Å². The first kappa shape index (κ1) is 14.4. The summed E-state index contributed by atoms with van der Waals surface area (Å²) >= 11 is 0. The van der Waals surface area contributed by atoms with E-state index in [4.69, 9.17) is 4.74 Å². The number of hydrogen-bond acceptors (Lipinski definition) is 5. The van der Waals surface area contributed by atoms with Gasteiger partial charge in [0, 0.05) is 30.1 Å². The van der Waals surface area contributed by atoms with Crippen molar-refractivity contribution in [3.63, 3.8) is 0 Å². The highest BCUT2D eigenvalue weighted by atomic mass is 16.5. The molecule has 0 aromatic carbocycles. The van der Waals surface area contributed by atoms with E-state index in [9.17, 15) is 4.79 Å². The molecule has 7 nitrogen and oxygen atoms in total. The molecule has 24 heavy (non-hydrogen) atoms. The van der Waals surface area contributed by atoms with E-state index < -0.39 is 0 Å². The van der Waals surface area contributed by atoms with Gasteiger partial charge in [-0.2, -0.15) is 5.10 Å². The lowest BCUT2D eigenvalue weighted by Crippen LogP contribution is -2.35. The van der Waals surface area contributed by atoms with Crippen LogP contribution in [0.5, 0.6) is 5.75 Å². The van der Waals surface area contributed by atoms with Gasteiger partial charge in [0.1, 0.15) is 11.4 Å². The summed E-state index contributed by atoms with van der Waals surface area (Å²) in [6.07, 6.45) is 5.11. The number of pyridine rings is 2. The summed E-state index contributed by atoms with van der Waals surface area (Å²) in [5.41, 5.74) is 3.86. The van der Waals surface area contributed by atoms with Crippen molar-refractivity contribution < 1.29 is 9.53 Å². The van der Waals surface area contributed by atoms with Crippen molar-refractivity contribution >= 4 is 5.91 Å². The first-order valence-corrected chi connectivity index (χ1v) is 7.56. The highest BCUT2D eigenvalue weighted by Crippen LogP contribution is 2.26. The zero-order chi connectivity index (χ0) is 16.5. The van der Waals surface area contributed by atoms with Crippen LogP contribution in [0.2, 0.25) is 0 Å². The number of carbonyl (C=O) groups is 1. The van der Waals surface area contributed by atoms with Crippen molar-refractivity contribution in [3.05, 3.63) is 48.5 Å². The molecule has 0 radical (unpaired) electrons. The van der Waals surface area contributed by atoms with Crippen LogP contribution in [0.4, 0.5) is 0 Å². The molecule has 1 aliphatic rings. The van der Waals surface area contributed by atoms with Gasteiger partial charge in [-0.1, -0.05) is 0 Å². The minimum Gasteiger partial charge on any atom is -0.495 e. The number of nitrogens with zero attached hydrogens (tertiary/aromatic N) is 4. The number of hydrogen-bond donors (Lipinski definition) is 1. The summed E-state index contributed by atoms with van der Waals surface area (Å²) in [5.74, 6) is 0.583. The third-order valence-electron chi connectivity index (χ3n) is 3.92. The Morgan fingerprint density at radius 3 is 2.92 bits per heavy atom. The van der Waals surface area contributed by atoms with Crippen LogP contribution in [0, 0.1) is 0 Å². The van der Waals surface area contributed by atoms with Crippen molar-refractivity contribution in [1.82, 2.24) is 25.1 Å². The van der Waals surface area contributed by atoms with E-state index in [1.165, 1.54) is 0 Å². The van der Waals surface area contributed by atoms with Gasteiger partial charge in [0.2, 0.25) is 0 Å². The molecule has 1 amide bonds. The van der Waals surface area contributed by atoms with E-state index in [0.717, 1.165) is 22.5 Å². The van der Waals surface area contributed by atoms with Crippen LogP contribution >= 0.6 is 0 Å². The average Bonchev–Trinajstić information content (AvgIpc) is 3.08. The van der Waals surface area contributed by atoms with Crippen LogP contribution in [-0.2, 0) is 6.54 Å². The standard InChI is InChI=1S/C17H15N5O2/c1-24-13-6-12(9-18-10-13)14-7-11(2-3-19-14)15-8-16-17(23)20-4-5-22(16)21-15/h2-3,6-10H,4-5H2,1H3,(H,20,23). The fourth-order valence-electron chi connectivity index (χ4n) is 2.70. The summed E-state index contributed by atoms with van der Waals surface area (Å²) in [7, 11) is 1.60. The van der Waals surface area contributed by atoms with E-state index in [1.807, 2.05) is 18.2 Å². The Bertz CT molecular complexity index is 919. The third kappa shape index (κ3) is 2.50. The van der Waals surface area contributed by atoms with Gasteiger partial charge in [-0.25, -0.2) is 0 Å². The SMILES string of the molecule is COc1cncc(-c2cc(-c3cc4n(n3)CCNC4=O)ccn2)c1. The fraction of sp³-hybridized carbons (Fsp3) is 0.176. The normalized spacial score (nSPS) is 13.3. The minimum absolute atomic E-state index is 0.0914. The maximum absolute atomic E-state index is 11.9. The highest BCUT2D eigenvalue weighted by Gasteiger charge is 2.20. The molecule has 0 atom stereocenters. The molecule has 3 aromatic rings. The summed E-state index contributed by atoms with van der Waals surface area (Å²) in [5, 5.41) is 7.35. The van der Waals surface area contributed by atoms with E-state index >= 15 is 0 Å². The predicted octanol–water partition coefficient (Wildman–Crippen LogP) is 1.76. The van der Waals surface area contributed by atoms with Crippen molar-refractivity contribution in [2.24, 2.45) is 0 Å². The van der Waals surface area contributed by atoms with Gasteiger partial charge in [-0.05, 0) is 24.3 Å². The zero-order valence-corrected chi connectivity index (χ0v) is 13.1. The van der Waals surface area contributed by atoms with E-state index in [2.05, 4.69) is 20.4 Å². The number of aromatic nitrogens is 4. The molecule has 4 heterocycles. The van der Waals surface area contributed by atoms with Crippen molar-refractivity contribution in [2.75, 3.05) is 13.7 Å². The second-order valence-corrected chi connectivity index (χ2v) is 5.44. The molecule has 0 saturated heterocycles. The fourth-order valence-corrected chi connectivity index (χ4v) is 2.70. The van der Waals surface area contributed by atoms with Crippen LogP contribution in [0.15, 0.2) is 42.9 Å². The number of fused-ring (bicyclic) bond motifs is 1. The molecule has 1 aliphatic heterocycles. The Kier molecular flexibility index (Phi) is 3.45. The van der Waals surface area contributed by atoms with Gasteiger partial charge in [-0.3, -0.25) is 19.4 Å². The lowest BCUT2D eigenvalue weighted by molar-refractivity contribution is 0.0924. The first-order chi connectivity index (χ1) is 11.7. The molecule has 3 aromatic heterocycles. The van der Waals surface area contributed by atoms with Gasteiger partial charge in [0.15, 0.2) is 0 Å². The van der Waals surface area contributed by atoms with Gasteiger partial charge in [0.25, 0.3) is 5.91 Å². The monoisotopic (exact) mass is 321 g/mol. The Labute approximate surface area is 138 Å². The second-order valence-electron chi connectivity index (χ2n) is 5.44. The molecular weight excluding hydrogens is 306 g/mol. The number of carbonyl (C=O) groups excluding carboxylic acids is 1. The Balaban J connectivity index is 1.74. The number of methoxy groups -OCH3 is 1. The molecule has 1 N–H and O–H groups in total. The number of nitrogens with one attached hydrogen (secondary N) is 1. The maximum Gasteiger partial charge on any atom is 0.269 e. The largest absolute Gasteiger partial charge is 0.495 e. The van der Waals surface area contributed by atoms with Crippen LogP contribution in [0.3, 0.4) is 0 Å². The molecule has 0 spiro atoms. The van der Waals surface area contributed by atoms with Gasteiger partial charge >= 0.3 is 0 Å². The Morgan fingerprint density at radius 2 is 2.08 bits per heavy atom. The number of amides is 1. The third-order valence-corrected chi connectivity index (χ3v) is 3.92. The summed E-state index contributed by atoms with van der Waals surface area (Å²) in [4.78, 5) is 20.4. The summed E-state index contributed by atoms with van der Waals surface area (Å²) in [6, 6.07) is 7.49. The topological polar surface area (TPSA) is 81.9 Å². The molecule has 120 valence electrons. The van der Waals surface area contributed by atoms with E-state index in [1.54, 1.807) is 36.4 Å². The molecule has 0 fully saturated rings. The molecular formula is C17H15N5O2. The molecule has 0 saturated carbocycles. The molecule has 4 rings (SSSR count). The second kappa shape index (κ2) is 5.77. The minimum atomic E-state index is -0.0914. The molecule has 0 unspecified atom stereocenters. The van der Waals surface area contributed by atoms with Crippen molar-refractivity contribution in [2.45, 2.75) is 6.54 Å². The number of rotatable bonds is 3. The van der Waals surface area contributed by atoms with Crippen molar-refractivity contribution in [3.8, 4) is 28.3 Å². The Morgan fingerprint density at radius 1 is 1.17 bits per heavy atom. The van der Waals surface area contributed by atoms with Crippen LogP contribution in [-0.4, -0.2) is 39.3 Å². The van der Waals surface area contributed by atoms with Gasteiger partial charge in [-0.15, -0.1) is 0 Å². The lowest BCUT2D eigenvalue weighted by Gasteiger charge is -2.13. The Hall–Kier alpha value is -3.22.